The molecule has 1 unspecified atom stereocenters. The molecule has 0 aromatic carbocycles. The lowest BCUT2D eigenvalue weighted by atomic mass is 10.2. The SMILES string of the molecule is C=CC(=O)NC1CCN(c2nc(Nc3cn[nH]c3)c3ncn(C(C)C)c3n2)C1. The number of anilines is 3. The number of rotatable bonds is 6. The second-order valence-corrected chi connectivity index (χ2v) is 7.05. The molecule has 1 atom stereocenters. The fraction of sp³-hybridized carbons (Fsp3) is 0.389. The number of hydrogen-bond acceptors (Lipinski definition) is 7. The van der Waals surface area contributed by atoms with E-state index in [0.29, 0.717) is 23.8 Å². The van der Waals surface area contributed by atoms with Crippen LogP contribution < -0.4 is 15.5 Å². The molecule has 1 aliphatic rings. The second-order valence-electron chi connectivity index (χ2n) is 7.05. The minimum Gasteiger partial charge on any atom is -0.348 e. The van der Waals surface area contributed by atoms with E-state index < -0.39 is 0 Å². The monoisotopic (exact) mass is 381 g/mol. The highest BCUT2D eigenvalue weighted by Gasteiger charge is 2.27. The van der Waals surface area contributed by atoms with Gasteiger partial charge in [-0.15, -0.1) is 0 Å². The van der Waals surface area contributed by atoms with E-state index in [9.17, 15) is 4.79 Å². The fourth-order valence-corrected chi connectivity index (χ4v) is 3.29. The summed E-state index contributed by atoms with van der Waals surface area (Å²) < 4.78 is 2.02. The highest BCUT2D eigenvalue weighted by Crippen LogP contribution is 2.28. The fourth-order valence-electron chi connectivity index (χ4n) is 3.29. The Morgan fingerprint density at radius 2 is 2.29 bits per heavy atom. The molecule has 0 spiro atoms. The summed E-state index contributed by atoms with van der Waals surface area (Å²) >= 11 is 0. The molecule has 1 fully saturated rings. The van der Waals surface area contributed by atoms with Crippen LogP contribution in [0.5, 0.6) is 0 Å². The third-order valence-corrected chi connectivity index (χ3v) is 4.73. The summed E-state index contributed by atoms with van der Waals surface area (Å²) in [5.74, 6) is 1.07. The highest BCUT2D eigenvalue weighted by atomic mass is 16.1. The Morgan fingerprint density at radius 3 is 3.00 bits per heavy atom. The Kier molecular flexibility index (Phi) is 4.68. The number of aromatic nitrogens is 6. The average molecular weight is 381 g/mol. The van der Waals surface area contributed by atoms with Gasteiger partial charge in [-0.2, -0.15) is 15.1 Å². The van der Waals surface area contributed by atoms with Crippen molar-refractivity contribution in [3.8, 4) is 0 Å². The summed E-state index contributed by atoms with van der Waals surface area (Å²) in [4.78, 5) is 27.7. The molecule has 28 heavy (non-hydrogen) atoms. The van der Waals surface area contributed by atoms with Crippen molar-refractivity contribution < 1.29 is 4.79 Å². The Balaban J connectivity index is 1.69. The lowest BCUT2D eigenvalue weighted by Crippen LogP contribution is -2.36. The molecule has 0 bridgehead atoms. The maximum Gasteiger partial charge on any atom is 0.243 e. The number of fused-ring (bicyclic) bond motifs is 1. The van der Waals surface area contributed by atoms with Crippen LogP contribution in [0.4, 0.5) is 17.5 Å². The number of aromatic amines is 1. The van der Waals surface area contributed by atoms with Gasteiger partial charge in [0.05, 0.1) is 18.2 Å². The van der Waals surface area contributed by atoms with Crippen molar-refractivity contribution in [1.29, 1.82) is 0 Å². The molecule has 1 aliphatic heterocycles. The molecular formula is C18H23N9O. The van der Waals surface area contributed by atoms with Crippen molar-refractivity contribution in [2.75, 3.05) is 23.3 Å². The van der Waals surface area contributed by atoms with Crippen LogP contribution in [0, 0.1) is 0 Å². The molecular weight excluding hydrogens is 358 g/mol. The maximum absolute atomic E-state index is 11.6. The molecule has 1 amide bonds. The third kappa shape index (κ3) is 3.40. The van der Waals surface area contributed by atoms with E-state index in [-0.39, 0.29) is 18.0 Å². The molecule has 3 aromatic rings. The molecule has 3 N–H and O–H groups in total. The first kappa shape index (κ1) is 18.0. The number of H-pyrrole nitrogens is 1. The van der Waals surface area contributed by atoms with Crippen molar-refractivity contribution in [3.05, 3.63) is 31.4 Å². The number of carbonyl (C=O) groups excluding carboxylic acids is 1. The first-order valence-electron chi connectivity index (χ1n) is 9.23. The number of imidazole rings is 1. The first-order chi connectivity index (χ1) is 13.5. The topological polar surface area (TPSA) is 117 Å². The number of nitrogens with one attached hydrogen (secondary N) is 3. The summed E-state index contributed by atoms with van der Waals surface area (Å²) in [5.41, 5.74) is 2.27. The Bertz CT molecular complexity index is 992. The molecule has 146 valence electrons. The molecule has 0 aliphatic carbocycles. The van der Waals surface area contributed by atoms with Gasteiger partial charge < -0.3 is 20.1 Å². The van der Waals surface area contributed by atoms with E-state index in [4.69, 9.17) is 9.97 Å². The van der Waals surface area contributed by atoms with Gasteiger partial charge in [0.25, 0.3) is 0 Å². The van der Waals surface area contributed by atoms with Gasteiger partial charge in [-0.25, -0.2) is 4.98 Å². The van der Waals surface area contributed by atoms with Crippen LogP contribution in [-0.4, -0.2) is 54.8 Å². The van der Waals surface area contributed by atoms with Crippen molar-refractivity contribution in [3.63, 3.8) is 0 Å². The highest BCUT2D eigenvalue weighted by molar-refractivity contribution is 5.87. The average Bonchev–Trinajstić information content (AvgIpc) is 3.41. The summed E-state index contributed by atoms with van der Waals surface area (Å²) in [5, 5.41) is 12.9. The summed E-state index contributed by atoms with van der Waals surface area (Å²) in [6.07, 6.45) is 7.34. The molecule has 3 aromatic heterocycles. The standard InChI is InChI=1S/C18H23N9O/c1-4-14(28)22-12-5-6-26(9-12)18-24-16(23-13-7-20-21-8-13)15-17(25-18)27(10-19-15)11(2)3/h4,7-8,10-12H,1,5-6,9H2,2-3H3,(H,20,21)(H,22,28)(H,23,24,25). The van der Waals surface area contributed by atoms with Crippen LogP contribution in [0.3, 0.4) is 0 Å². The summed E-state index contributed by atoms with van der Waals surface area (Å²) in [6.45, 7) is 9.08. The van der Waals surface area contributed by atoms with Crippen molar-refractivity contribution in [2.45, 2.75) is 32.4 Å². The molecule has 4 heterocycles. The van der Waals surface area contributed by atoms with Crippen molar-refractivity contribution in [2.24, 2.45) is 0 Å². The van der Waals surface area contributed by atoms with E-state index in [1.54, 1.807) is 18.7 Å². The number of hydrogen-bond donors (Lipinski definition) is 3. The van der Waals surface area contributed by atoms with Gasteiger partial charge in [-0.05, 0) is 26.3 Å². The predicted octanol–water partition coefficient (Wildman–Crippen LogP) is 1.75. The van der Waals surface area contributed by atoms with Gasteiger partial charge in [0.1, 0.15) is 0 Å². The quantitative estimate of drug-likeness (QED) is 0.557. The zero-order valence-electron chi connectivity index (χ0n) is 15.9. The molecule has 4 rings (SSSR count). The minimum atomic E-state index is -0.164. The minimum absolute atomic E-state index is 0.0464. The lowest BCUT2D eigenvalue weighted by Gasteiger charge is -2.18. The molecule has 0 radical (unpaired) electrons. The van der Waals surface area contributed by atoms with Crippen LogP contribution in [0.25, 0.3) is 11.2 Å². The van der Waals surface area contributed by atoms with Crippen LogP contribution in [-0.2, 0) is 4.79 Å². The lowest BCUT2D eigenvalue weighted by molar-refractivity contribution is -0.117. The van der Waals surface area contributed by atoms with E-state index in [1.807, 2.05) is 4.57 Å². The van der Waals surface area contributed by atoms with Gasteiger partial charge >= 0.3 is 0 Å². The number of nitrogens with zero attached hydrogens (tertiary/aromatic N) is 6. The second kappa shape index (κ2) is 7.29. The van der Waals surface area contributed by atoms with Gasteiger partial charge in [-0.3, -0.25) is 9.89 Å². The van der Waals surface area contributed by atoms with Crippen molar-refractivity contribution in [1.82, 2.24) is 35.0 Å². The third-order valence-electron chi connectivity index (χ3n) is 4.73. The van der Waals surface area contributed by atoms with Crippen LogP contribution >= 0.6 is 0 Å². The summed E-state index contributed by atoms with van der Waals surface area (Å²) in [7, 11) is 0. The van der Waals surface area contributed by atoms with Crippen LogP contribution in [0.1, 0.15) is 26.3 Å². The van der Waals surface area contributed by atoms with Crippen LogP contribution in [0.2, 0.25) is 0 Å². The van der Waals surface area contributed by atoms with Crippen LogP contribution in [0.15, 0.2) is 31.4 Å². The van der Waals surface area contributed by atoms with Gasteiger partial charge in [0.15, 0.2) is 17.0 Å². The molecule has 1 saturated heterocycles. The summed E-state index contributed by atoms with van der Waals surface area (Å²) in [6, 6.07) is 0.262. The van der Waals surface area contributed by atoms with Gasteiger partial charge in [0.2, 0.25) is 11.9 Å². The zero-order chi connectivity index (χ0) is 19.7. The zero-order valence-corrected chi connectivity index (χ0v) is 15.9. The van der Waals surface area contributed by atoms with Gasteiger partial charge in [-0.1, -0.05) is 6.58 Å². The predicted molar refractivity (Wildman–Crippen MR) is 107 cm³/mol. The Morgan fingerprint density at radius 1 is 1.43 bits per heavy atom. The molecule has 10 nitrogen and oxygen atoms in total. The Hall–Kier alpha value is -3.43. The van der Waals surface area contributed by atoms with E-state index in [0.717, 1.165) is 24.3 Å². The number of amides is 1. The normalized spacial score (nSPS) is 16.7. The maximum atomic E-state index is 11.6. The smallest absolute Gasteiger partial charge is 0.243 e. The molecule has 0 saturated carbocycles. The largest absolute Gasteiger partial charge is 0.348 e. The van der Waals surface area contributed by atoms with E-state index in [1.165, 1.54) is 6.08 Å². The first-order valence-corrected chi connectivity index (χ1v) is 9.23. The molecule has 10 heteroatoms. The van der Waals surface area contributed by atoms with Crippen molar-refractivity contribution >= 4 is 34.5 Å². The Labute approximate surface area is 162 Å². The number of carbonyl (C=O) groups is 1. The van der Waals surface area contributed by atoms with Gasteiger partial charge in [0, 0.05) is 31.4 Å². The van der Waals surface area contributed by atoms with E-state index in [2.05, 4.69) is 51.1 Å². The van der Waals surface area contributed by atoms with E-state index >= 15 is 0 Å².